The van der Waals surface area contributed by atoms with Crippen molar-refractivity contribution >= 4 is 33.4 Å². The molecule has 23 heavy (non-hydrogen) atoms. The lowest BCUT2D eigenvalue weighted by molar-refractivity contribution is 0.195. The van der Waals surface area contributed by atoms with Crippen molar-refractivity contribution in [2.24, 2.45) is 0 Å². The third kappa shape index (κ3) is 4.69. The zero-order valence-electron chi connectivity index (χ0n) is 11.4. The molecule has 2 aromatic rings. The minimum Gasteiger partial charge on any atom is -0.465 e. The van der Waals surface area contributed by atoms with Gasteiger partial charge in [-0.15, -0.1) is 11.3 Å². The van der Waals surface area contributed by atoms with Crippen LogP contribution in [0.3, 0.4) is 0 Å². The average molecular weight is 410 g/mol. The lowest BCUT2D eigenvalue weighted by Crippen LogP contribution is -2.30. The van der Waals surface area contributed by atoms with Gasteiger partial charge in [0.1, 0.15) is 0 Å². The third-order valence-electron chi connectivity index (χ3n) is 2.69. The third-order valence-corrected chi connectivity index (χ3v) is 4.30. The van der Waals surface area contributed by atoms with Crippen molar-refractivity contribution in [1.82, 2.24) is 25.1 Å². The highest BCUT2D eigenvalue weighted by molar-refractivity contribution is 9.11. The summed E-state index contributed by atoms with van der Waals surface area (Å²) in [7, 11) is 0. The van der Waals surface area contributed by atoms with Gasteiger partial charge in [-0.05, 0) is 38.5 Å². The van der Waals surface area contributed by atoms with Gasteiger partial charge in [-0.2, -0.15) is 18.1 Å². The molecule has 0 aliphatic heterocycles. The van der Waals surface area contributed by atoms with Crippen LogP contribution in [0, 0.1) is 0 Å². The maximum atomic E-state index is 12.8. The Kier molecular flexibility index (Phi) is 5.60. The maximum absolute atomic E-state index is 12.8. The molecule has 0 aliphatic rings. The summed E-state index contributed by atoms with van der Waals surface area (Å²) in [5, 5.41) is 17.4. The number of hydrogen-bond acceptors (Lipinski definition) is 5. The van der Waals surface area contributed by atoms with Crippen molar-refractivity contribution in [2.75, 3.05) is 6.54 Å². The quantitative estimate of drug-likeness (QED) is 0.756. The number of thiophene rings is 1. The van der Waals surface area contributed by atoms with Crippen molar-refractivity contribution in [3.8, 4) is 0 Å². The second kappa shape index (κ2) is 7.46. The Morgan fingerprint density at radius 3 is 2.61 bits per heavy atom. The molecule has 0 aliphatic carbocycles. The fraction of sp³-hybridized carbons (Fsp3) is 0.273. The van der Waals surface area contributed by atoms with Crippen LogP contribution in [-0.2, 0) is 13.1 Å². The molecule has 2 heterocycles. The molecule has 2 N–H and O–H groups in total. The highest BCUT2D eigenvalue weighted by Crippen LogP contribution is 2.22. The number of hydrogen-bond donors (Lipinski definition) is 2. The Balaban J connectivity index is 2.13. The molecule has 8 nitrogen and oxygen atoms in total. The lowest BCUT2D eigenvalue weighted by atomic mass is 10.3. The number of aromatic nitrogens is 4. The summed E-state index contributed by atoms with van der Waals surface area (Å²) >= 11 is 4.70. The molecule has 0 spiro atoms. The molecule has 0 fully saturated rings. The first kappa shape index (κ1) is 17.3. The van der Waals surface area contributed by atoms with Crippen LogP contribution in [0.1, 0.15) is 4.88 Å². The normalized spacial score (nSPS) is 10.6. The van der Waals surface area contributed by atoms with E-state index in [1.807, 2.05) is 11.4 Å². The fourth-order valence-electron chi connectivity index (χ4n) is 1.63. The number of halogens is 3. The topological polar surface area (TPSA) is 102 Å². The predicted octanol–water partition coefficient (Wildman–Crippen LogP) is 1.73. The zero-order valence-corrected chi connectivity index (χ0v) is 13.8. The molecule has 0 aromatic carbocycles. The Morgan fingerprint density at radius 2 is 2.04 bits per heavy atom. The van der Waals surface area contributed by atoms with Gasteiger partial charge in [-0.3, -0.25) is 0 Å². The van der Waals surface area contributed by atoms with E-state index in [-0.39, 0.29) is 6.54 Å². The first-order chi connectivity index (χ1) is 10.9. The fourth-order valence-corrected chi connectivity index (χ4v) is 3.10. The Hall–Kier alpha value is -2.08. The maximum Gasteiger partial charge on any atom is 0.404 e. The molecule has 124 valence electrons. The Labute approximate surface area is 140 Å². The Morgan fingerprint density at radius 1 is 1.35 bits per heavy atom. The Bertz CT molecular complexity index is 796. The summed E-state index contributed by atoms with van der Waals surface area (Å²) in [4.78, 5) is 23.3. The summed E-state index contributed by atoms with van der Waals surface area (Å²) < 4.78 is 28.3. The molecule has 0 saturated carbocycles. The van der Waals surface area contributed by atoms with Gasteiger partial charge in [0.15, 0.2) is 0 Å². The molecule has 2 rings (SSSR count). The van der Waals surface area contributed by atoms with Crippen LogP contribution in [0.5, 0.6) is 0 Å². The van der Waals surface area contributed by atoms with Gasteiger partial charge in [0, 0.05) is 17.0 Å². The SMILES string of the molecule is O=C(O)NCC(Cn1nnn(Cc2ccc(Br)s2)c1=O)=C(F)F. The number of nitrogens with zero attached hydrogens (tertiary/aromatic N) is 4. The lowest BCUT2D eigenvalue weighted by Gasteiger charge is -2.05. The monoisotopic (exact) mass is 409 g/mol. The molecular weight excluding hydrogens is 400 g/mol. The van der Waals surface area contributed by atoms with E-state index in [4.69, 9.17) is 5.11 Å². The molecular formula is C11H10BrF2N5O3S. The highest BCUT2D eigenvalue weighted by atomic mass is 79.9. The molecule has 12 heteroatoms. The minimum absolute atomic E-state index is 0.166. The summed E-state index contributed by atoms with van der Waals surface area (Å²) in [6.45, 7) is -0.982. The van der Waals surface area contributed by atoms with Crippen LogP contribution in [0.2, 0.25) is 0 Å². The summed E-state index contributed by atoms with van der Waals surface area (Å²) in [5.74, 6) is 0. The van der Waals surface area contributed by atoms with Crippen LogP contribution < -0.4 is 11.0 Å². The smallest absolute Gasteiger partial charge is 0.404 e. The number of nitrogens with one attached hydrogen (secondary N) is 1. The predicted molar refractivity (Wildman–Crippen MR) is 80.7 cm³/mol. The molecule has 0 saturated heterocycles. The number of amides is 1. The van der Waals surface area contributed by atoms with Crippen molar-refractivity contribution in [2.45, 2.75) is 13.1 Å². The molecule has 2 aromatic heterocycles. The van der Waals surface area contributed by atoms with Crippen LogP contribution in [0.15, 0.2) is 32.4 Å². The van der Waals surface area contributed by atoms with Gasteiger partial charge in [0.05, 0.1) is 16.9 Å². The first-order valence-corrected chi connectivity index (χ1v) is 7.72. The van der Waals surface area contributed by atoms with Crippen molar-refractivity contribution in [1.29, 1.82) is 0 Å². The molecule has 0 bridgehead atoms. The van der Waals surface area contributed by atoms with Crippen molar-refractivity contribution < 1.29 is 18.7 Å². The van der Waals surface area contributed by atoms with Gasteiger partial charge >= 0.3 is 11.8 Å². The second-order valence-corrected chi connectivity index (χ2v) is 6.85. The molecule has 0 unspecified atom stereocenters. The second-order valence-electron chi connectivity index (χ2n) is 4.31. The van der Waals surface area contributed by atoms with E-state index < -0.39 is 36.5 Å². The molecule has 0 atom stereocenters. The standard InChI is InChI=1S/C11H10BrF2N5O3S/c12-8-2-1-7(23-8)5-19-11(22)18(16-17-19)4-6(9(13)14)3-15-10(20)21/h1-2,15H,3-5H2,(H,20,21). The van der Waals surface area contributed by atoms with Gasteiger partial charge in [-0.25, -0.2) is 9.59 Å². The van der Waals surface area contributed by atoms with Crippen LogP contribution in [0.25, 0.3) is 0 Å². The van der Waals surface area contributed by atoms with Crippen LogP contribution in [-0.4, -0.2) is 37.5 Å². The van der Waals surface area contributed by atoms with Crippen LogP contribution >= 0.6 is 27.3 Å². The van der Waals surface area contributed by atoms with Gasteiger partial charge in [-0.1, -0.05) is 0 Å². The minimum atomic E-state index is -2.07. The summed E-state index contributed by atoms with van der Waals surface area (Å²) in [6, 6.07) is 3.61. The van der Waals surface area contributed by atoms with E-state index in [0.29, 0.717) is 0 Å². The van der Waals surface area contributed by atoms with E-state index in [9.17, 15) is 18.4 Å². The number of carboxylic acid groups (broad SMARTS) is 1. The van der Waals surface area contributed by atoms with E-state index in [0.717, 1.165) is 18.0 Å². The van der Waals surface area contributed by atoms with E-state index in [2.05, 4.69) is 26.4 Å². The van der Waals surface area contributed by atoms with E-state index in [1.54, 1.807) is 6.07 Å². The van der Waals surface area contributed by atoms with Crippen molar-refractivity contribution in [3.63, 3.8) is 0 Å². The number of tetrazole rings is 1. The summed E-state index contributed by atoms with van der Waals surface area (Å²) in [5.41, 5.74) is -1.22. The zero-order chi connectivity index (χ0) is 17.0. The van der Waals surface area contributed by atoms with E-state index >= 15 is 0 Å². The van der Waals surface area contributed by atoms with Crippen LogP contribution in [0.4, 0.5) is 13.6 Å². The number of rotatable bonds is 6. The average Bonchev–Trinajstić information content (AvgIpc) is 3.03. The largest absolute Gasteiger partial charge is 0.465 e. The van der Waals surface area contributed by atoms with Gasteiger partial charge < -0.3 is 10.4 Å². The first-order valence-electron chi connectivity index (χ1n) is 6.11. The summed E-state index contributed by atoms with van der Waals surface area (Å²) in [6.07, 6.45) is -3.51. The number of carbonyl (C=O) groups is 1. The molecule has 1 amide bonds. The van der Waals surface area contributed by atoms with Crippen molar-refractivity contribution in [3.05, 3.63) is 42.9 Å². The van der Waals surface area contributed by atoms with E-state index in [1.165, 1.54) is 11.3 Å². The molecule has 0 radical (unpaired) electrons. The highest BCUT2D eigenvalue weighted by Gasteiger charge is 2.14. The van der Waals surface area contributed by atoms with Gasteiger partial charge in [0.25, 0.3) is 6.08 Å². The van der Waals surface area contributed by atoms with Gasteiger partial charge in [0.2, 0.25) is 0 Å².